The number of carbonyl (C=O) groups excluding carboxylic acids is 1. The molecule has 0 N–H and O–H groups in total. The molecular formula is C20H16FN3O. The van der Waals surface area contributed by atoms with E-state index < -0.39 is 5.82 Å². The number of benzene rings is 2. The van der Waals surface area contributed by atoms with Gasteiger partial charge in [0.15, 0.2) is 0 Å². The number of nitrogens with zero attached hydrogens (tertiary/aromatic N) is 3. The molecule has 3 rings (SSSR count). The number of hydrogen-bond donors (Lipinski definition) is 0. The lowest BCUT2D eigenvalue weighted by Gasteiger charge is -2.22. The number of rotatable bonds is 4. The number of carbonyl (C=O) groups is 1. The van der Waals surface area contributed by atoms with Gasteiger partial charge in [0.1, 0.15) is 5.82 Å². The van der Waals surface area contributed by atoms with E-state index in [4.69, 9.17) is 5.26 Å². The first-order valence-corrected chi connectivity index (χ1v) is 7.96. The van der Waals surface area contributed by atoms with Crippen molar-refractivity contribution in [2.75, 3.05) is 4.90 Å². The summed E-state index contributed by atoms with van der Waals surface area (Å²) in [6.45, 7) is 1.96. The molecule has 0 fully saturated rings. The van der Waals surface area contributed by atoms with Crippen LogP contribution in [-0.4, -0.2) is 10.9 Å². The van der Waals surface area contributed by atoms with Gasteiger partial charge < -0.3 is 4.90 Å². The zero-order valence-electron chi connectivity index (χ0n) is 13.7. The van der Waals surface area contributed by atoms with E-state index in [1.165, 1.54) is 17.0 Å². The molecule has 1 amide bonds. The van der Waals surface area contributed by atoms with Crippen LogP contribution in [0.25, 0.3) is 10.9 Å². The summed E-state index contributed by atoms with van der Waals surface area (Å²) in [6.07, 6.45) is 0.270. The largest absolute Gasteiger partial charge is 0.306 e. The Morgan fingerprint density at radius 1 is 1.20 bits per heavy atom. The molecule has 0 aliphatic rings. The summed E-state index contributed by atoms with van der Waals surface area (Å²) in [5.41, 5.74) is 2.07. The topological polar surface area (TPSA) is 57.0 Å². The quantitative estimate of drug-likeness (QED) is 0.719. The summed E-state index contributed by atoms with van der Waals surface area (Å²) < 4.78 is 13.8. The molecule has 25 heavy (non-hydrogen) atoms. The summed E-state index contributed by atoms with van der Waals surface area (Å²) in [5, 5.41) is 10.1. The van der Waals surface area contributed by atoms with Crippen LogP contribution in [0.5, 0.6) is 0 Å². The van der Waals surface area contributed by atoms with Crippen molar-refractivity contribution in [2.45, 2.75) is 19.9 Å². The van der Waals surface area contributed by atoms with Crippen LogP contribution in [0.2, 0.25) is 0 Å². The highest BCUT2D eigenvalue weighted by molar-refractivity contribution is 5.93. The second-order valence-corrected chi connectivity index (χ2v) is 5.64. The van der Waals surface area contributed by atoms with Crippen molar-refractivity contribution >= 4 is 22.5 Å². The van der Waals surface area contributed by atoms with Gasteiger partial charge in [0.05, 0.1) is 29.4 Å². The van der Waals surface area contributed by atoms with Crippen molar-refractivity contribution in [2.24, 2.45) is 0 Å². The van der Waals surface area contributed by atoms with Crippen LogP contribution in [-0.2, 0) is 11.3 Å². The molecule has 0 bridgehead atoms. The van der Waals surface area contributed by atoms with Crippen molar-refractivity contribution in [3.63, 3.8) is 0 Å². The molecule has 0 aliphatic carbocycles. The van der Waals surface area contributed by atoms with Crippen molar-refractivity contribution in [3.05, 3.63) is 71.7 Å². The predicted octanol–water partition coefficient (Wildman–Crippen LogP) is 4.19. The van der Waals surface area contributed by atoms with Crippen LogP contribution in [0.1, 0.15) is 24.6 Å². The van der Waals surface area contributed by atoms with Crippen LogP contribution in [0.4, 0.5) is 10.1 Å². The van der Waals surface area contributed by atoms with Gasteiger partial charge in [-0.1, -0.05) is 31.2 Å². The van der Waals surface area contributed by atoms with Crippen molar-refractivity contribution in [3.8, 4) is 6.07 Å². The van der Waals surface area contributed by atoms with Crippen LogP contribution < -0.4 is 4.90 Å². The van der Waals surface area contributed by atoms with Gasteiger partial charge in [0, 0.05) is 17.5 Å². The Balaban J connectivity index is 2.00. The first-order valence-electron chi connectivity index (χ1n) is 7.96. The molecule has 2 aromatic carbocycles. The van der Waals surface area contributed by atoms with Gasteiger partial charge in [-0.15, -0.1) is 0 Å². The van der Waals surface area contributed by atoms with E-state index in [-0.39, 0.29) is 24.4 Å². The van der Waals surface area contributed by atoms with E-state index in [1.54, 1.807) is 6.92 Å². The number of amides is 1. The van der Waals surface area contributed by atoms with E-state index in [1.807, 2.05) is 42.5 Å². The lowest BCUT2D eigenvalue weighted by Crippen LogP contribution is -2.30. The highest BCUT2D eigenvalue weighted by Crippen LogP contribution is 2.22. The highest BCUT2D eigenvalue weighted by Gasteiger charge is 2.17. The van der Waals surface area contributed by atoms with Gasteiger partial charge in [0.2, 0.25) is 5.91 Å². The van der Waals surface area contributed by atoms with Gasteiger partial charge in [-0.2, -0.15) is 5.26 Å². The minimum atomic E-state index is -0.547. The average molecular weight is 333 g/mol. The van der Waals surface area contributed by atoms with Crippen LogP contribution in [0.15, 0.2) is 54.6 Å². The molecule has 1 heterocycles. The van der Waals surface area contributed by atoms with E-state index in [0.717, 1.165) is 17.0 Å². The minimum absolute atomic E-state index is 0.163. The van der Waals surface area contributed by atoms with E-state index in [9.17, 15) is 9.18 Å². The third-order valence-corrected chi connectivity index (χ3v) is 3.90. The van der Waals surface area contributed by atoms with Crippen molar-refractivity contribution in [1.29, 1.82) is 5.26 Å². The number of anilines is 1. The maximum atomic E-state index is 13.8. The number of nitriles is 1. The summed E-state index contributed by atoms with van der Waals surface area (Å²) in [5.74, 6) is -0.709. The fourth-order valence-corrected chi connectivity index (χ4v) is 2.67. The maximum Gasteiger partial charge on any atom is 0.227 e. The molecular weight excluding hydrogens is 317 g/mol. The SMILES string of the molecule is CCC(=O)N(Cc1ccc2ccccc2n1)c1cc(F)cc(C#N)c1. The summed E-state index contributed by atoms with van der Waals surface area (Å²) >= 11 is 0. The fourth-order valence-electron chi connectivity index (χ4n) is 2.67. The molecule has 0 radical (unpaired) electrons. The lowest BCUT2D eigenvalue weighted by atomic mass is 10.1. The first-order chi connectivity index (χ1) is 12.1. The average Bonchev–Trinajstić information content (AvgIpc) is 2.64. The molecule has 124 valence electrons. The summed E-state index contributed by atoms with van der Waals surface area (Å²) in [4.78, 5) is 18.4. The Morgan fingerprint density at radius 2 is 2.00 bits per heavy atom. The second-order valence-electron chi connectivity index (χ2n) is 5.64. The molecule has 0 atom stereocenters. The van der Waals surface area contributed by atoms with Gasteiger partial charge in [-0.25, -0.2) is 4.39 Å². The monoisotopic (exact) mass is 333 g/mol. The first kappa shape index (κ1) is 16.6. The number of halogens is 1. The minimum Gasteiger partial charge on any atom is -0.306 e. The standard InChI is InChI=1S/C20H16FN3O/c1-2-20(25)24(18-10-14(12-22)9-16(21)11-18)13-17-8-7-15-5-3-4-6-19(15)23-17/h3-11H,2,13H2,1H3. The molecule has 3 aromatic rings. The second kappa shape index (κ2) is 7.10. The molecule has 5 heteroatoms. The van der Waals surface area contributed by atoms with Crippen molar-refractivity contribution in [1.82, 2.24) is 4.98 Å². The molecule has 4 nitrogen and oxygen atoms in total. The Hall–Kier alpha value is -3.26. The van der Waals surface area contributed by atoms with Gasteiger partial charge in [-0.05, 0) is 30.3 Å². The van der Waals surface area contributed by atoms with Crippen molar-refractivity contribution < 1.29 is 9.18 Å². The van der Waals surface area contributed by atoms with E-state index in [2.05, 4.69) is 4.98 Å². The number of fused-ring (bicyclic) bond motifs is 1. The Labute approximate surface area is 145 Å². The van der Waals surface area contributed by atoms with Gasteiger partial charge in [0.25, 0.3) is 0 Å². The Bertz CT molecular complexity index is 978. The zero-order chi connectivity index (χ0) is 17.8. The summed E-state index contributed by atoms with van der Waals surface area (Å²) in [7, 11) is 0. The van der Waals surface area contributed by atoms with Gasteiger partial charge >= 0.3 is 0 Å². The molecule has 0 saturated carbocycles. The highest BCUT2D eigenvalue weighted by atomic mass is 19.1. The number of pyridine rings is 1. The molecule has 1 aromatic heterocycles. The molecule has 0 saturated heterocycles. The third-order valence-electron chi connectivity index (χ3n) is 3.90. The van der Waals surface area contributed by atoms with E-state index in [0.29, 0.717) is 11.4 Å². The van der Waals surface area contributed by atoms with Crippen LogP contribution in [0.3, 0.4) is 0 Å². The van der Waals surface area contributed by atoms with Crippen LogP contribution in [0, 0.1) is 17.1 Å². The van der Waals surface area contributed by atoms with Gasteiger partial charge in [-0.3, -0.25) is 9.78 Å². The van der Waals surface area contributed by atoms with Crippen LogP contribution >= 0.6 is 0 Å². The molecule has 0 unspecified atom stereocenters. The number of para-hydroxylation sites is 1. The molecule has 0 aliphatic heterocycles. The third kappa shape index (κ3) is 3.64. The number of hydrogen-bond acceptors (Lipinski definition) is 3. The summed E-state index contributed by atoms with van der Waals surface area (Å²) in [6, 6.07) is 17.3. The Kier molecular flexibility index (Phi) is 4.71. The zero-order valence-corrected chi connectivity index (χ0v) is 13.7. The lowest BCUT2D eigenvalue weighted by molar-refractivity contribution is -0.118. The maximum absolute atomic E-state index is 13.8. The van der Waals surface area contributed by atoms with E-state index >= 15 is 0 Å². The fraction of sp³-hybridized carbons (Fsp3) is 0.150. The smallest absolute Gasteiger partial charge is 0.227 e. The number of aromatic nitrogens is 1. The molecule has 0 spiro atoms. The Morgan fingerprint density at radius 3 is 2.76 bits per heavy atom. The normalized spacial score (nSPS) is 10.4. The predicted molar refractivity (Wildman–Crippen MR) is 94.3 cm³/mol.